The molecule has 0 saturated heterocycles. The van der Waals surface area contributed by atoms with Crippen molar-refractivity contribution < 1.29 is 9.53 Å². The van der Waals surface area contributed by atoms with Crippen LogP contribution in [0.4, 0.5) is 5.69 Å². The minimum Gasteiger partial charge on any atom is -0.495 e. The number of anilines is 1. The molecule has 1 aromatic carbocycles. The number of carbonyl (C=O) groups excluding carboxylic acids is 1. The lowest BCUT2D eigenvalue weighted by molar-refractivity contribution is -0.113. The lowest BCUT2D eigenvalue weighted by Gasteiger charge is -2.10. The van der Waals surface area contributed by atoms with E-state index in [-0.39, 0.29) is 11.7 Å². The number of thioether (sulfide) groups is 1. The maximum absolute atomic E-state index is 12.1. The predicted molar refractivity (Wildman–Crippen MR) is 83.4 cm³/mol. The van der Waals surface area contributed by atoms with Crippen molar-refractivity contribution in [3.05, 3.63) is 23.2 Å². The van der Waals surface area contributed by atoms with E-state index in [0.717, 1.165) is 12.8 Å². The van der Waals surface area contributed by atoms with Crippen LogP contribution in [0, 0.1) is 0 Å². The second-order valence-electron chi connectivity index (χ2n) is 4.82. The van der Waals surface area contributed by atoms with Crippen LogP contribution in [-0.2, 0) is 4.79 Å². The quantitative estimate of drug-likeness (QED) is 0.814. The van der Waals surface area contributed by atoms with Gasteiger partial charge in [0.1, 0.15) is 5.75 Å². The maximum atomic E-state index is 12.1. The van der Waals surface area contributed by atoms with Crippen LogP contribution in [-0.4, -0.2) is 39.0 Å². The van der Waals surface area contributed by atoms with Gasteiger partial charge in [-0.15, -0.1) is 5.10 Å². The van der Waals surface area contributed by atoms with Crippen LogP contribution in [0.25, 0.3) is 0 Å². The lowest BCUT2D eigenvalue weighted by Crippen LogP contribution is -2.15. The van der Waals surface area contributed by atoms with E-state index in [0.29, 0.717) is 27.7 Å². The van der Waals surface area contributed by atoms with Gasteiger partial charge in [0.05, 0.1) is 24.6 Å². The molecule has 0 bridgehead atoms. The van der Waals surface area contributed by atoms with Crippen molar-refractivity contribution in [3.63, 3.8) is 0 Å². The molecule has 22 heavy (non-hydrogen) atoms. The first kappa shape index (κ1) is 15.1. The number of rotatable bonds is 6. The molecule has 0 unspecified atom stereocenters. The van der Waals surface area contributed by atoms with Gasteiger partial charge in [0.25, 0.3) is 0 Å². The first-order valence-electron chi connectivity index (χ1n) is 6.71. The van der Waals surface area contributed by atoms with Gasteiger partial charge in [0, 0.05) is 5.02 Å². The third-order valence-corrected chi connectivity index (χ3v) is 4.29. The van der Waals surface area contributed by atoms with E-state index in [2.05, 4.69) is 20.8 Å². The van der Waals surface area contributed by atoms with E-state index in [1.54, 1.807) is 22.9 Å². The van der Waals surface area contributed by atoms with E-state index in [9.17, 15) is 4.79 Å². The van der Waals surface area contributed by atoms with Crippen LogP contribution in [0.1, 0.15) is 18.9 Å². The number of benzene rings is 1. The molecule has 1 aliphatic carbocycles. The summed E-state index contributed by atoms with van der Waals surface area (Å²) in [5.74, 6) is 0.601. The summed E-state index contributed by atoms with van der Waals surface area (Å²) in [4.78, 5) is 12.1. The zero-order valence-corrected chi connectivity index (χ0v) is 13.4. The SMILES string of the molecule is COc1ccc(Cl)cc1NC(=O)CSc1nnnn1C1CC1. The number of amides is 1. The molecule has 1 aromatic heterocycles. The Labute approximate surface area is 136 Å². The van der Waals surface area contributed by atoms with E-state index in [1.807, 2.05) is 0 Å². The molecule has 7 nitrogen and oxygen atoms in total. The second kappa shape index (κ2) is 6.53. The fourth-order valence-electron chi connectivity index (χ4n) is 1.92. The molecule has 1 heterocycles. The van der Waals surface area contributed by atoms with Crippen molar-refractivity contribution in [2.45, 2.75) is 24.0 Å². The van der Waals surface area contributed by atoms with Gasteiger partial charge in [-0.2, -0.15) is 0 Å². The lowest BCUT2D eigenvalue weighted by atomic mass is 10.3. The normalized spacial score (nSPS) is 13.9. The minimum atomic E-state index is -0.170. The highest BCUT2D eigenvalue weighted by atomic mass is 35.5. The van der Waals surface area contributed by atoms with Crippen LogP contribution < -0.4 is 10.1 Å². The second-order valence-corrected chi connectivity index (χ2v) is 6.20. The number of methoxy groups -OCH3 is 1. The third-order valence-electron chi connectivity index (χ3n) is 3.12. The van der Waals surface area contributed by atoms with E-state index in [1.165, 1.54) is 18.9 Å². The number of carbonyl (C=O) groups is 1. The van der Waals surface area contributed by atoms with Crippen LogP contribution in [0.5, 0.6) is 5.75 Å². The standard InChI is InChI=1S/C13H14ClN5O2S/c1-21-11-5-2-8(14)6-10(11)15-12(20)7-22-13-16-17-18-19(13)9-3-4-9/h2,5-6,9H,3-4,7H2,1H3,(H,15,20). The maximum Gasteiger partial charge on any atom is 0.234 e. The van der Waals surface area contributed by atoms with E-state index >= 15 is 0 Å². The topological polar surface area (TPSA) is 81.9 Å². The smallest absolute Gasteiger partial charge is 0.234 e. The first-order chi connectivity index (χ1) is 10.7. The monoisotopic (exact) mass is 339 g/mol. The molecule has 2 aromatic rings. The Kier molecular flexibility index (Phi) is 4.49. The highest BCUT2D eigenvalue weighted by Crippen LogP contribution is 2.36. The van der Waals surface area contributed by atoms with Gasteiger partial charge in [0.15, 0.2) is 0 Å². The van der Waals surface area contributed by atoms with E-state index < -0.39 is 0 Å². The minimum absolute atomic E-state index is 0.170. The summed E-state index contributed by atoms with van der Waals surface area (Å²) in [5, 5.41) is 15.5. The molecular weight excluding hydrogens is 326 g/mol. The molecule has 1 fully saturated rings. The number of nitrogens with one attached hydrogen (secondary N) is 1. The summed E-state index contributed by atoms with van der Waals surface area (Å²) >= 11 is 7.24. The van der Waals surface area contributed by atoms with Crippen LogP contribution in [0.3, 0.4) is 0 Å². The van der Waals surface area contributed by atoms with Gasteiger partial charge in [-0.25, -0.2) is 4.68 Å². The Morgan fingerprint density at radius 1 is 1.55 bits per heavy atom. The Morgan fingerprint density at radius 2 is 2.36 bits per heavy atom. The number of ether oxygens (including phenoxy) is 1. The molecule has 0 aliphatic heterocycles. The van der Waals surface area contributed by atoms with Crippen molar-refractivity contribution in [1.29, 1.82) is 0 Å². The molecule has 1 N–H and O–H groups in total. The predicted octanol–water partition coefficient (Wildman–Crippen LogP) is 2.40. The number of hydrogen-bond donors (Lipinski definition) is 1. The zero-order valence-electron chi connectivity index (χ0n) is 11.8. The Morgan fingerprint density at radius 3 is 3.09 bits per heavy atom. The molecule has 1 saturated carbocycles. The average Bonchev–Trinajstić information content (AvgIpc) is 3.24. The van der Waals surface area contributed by atoms with Gasteiger partial charge >= 0.3 is 0 Å². The van der Waals surface area contributed by atoms with Gasteiger partial charge in [-0.05, 0) is 41.5 Å². The number of tetrazole rings is 1. The number of nitrogens with zero attached hydrogens (tertiary/aromatic N) is 4. The molecule has 0 atom stereocenters. The Balaban J connectivity index is 1.60. The van der Waals surface area contributed by atoms with Gasteiger partial charge in [-0.1, -0.05) is 23.4 Å². The molecule has 9 heteroatoms. The van der Waals surface area contributed by atoms with Gasteiger partial charge in [0.2, 0.25) is 11.1 Å². The summed E-state index contributed by atoms with van der Waals surface area (Å²) in [6.07, 6.45) is 2.18. The molecular formula is C13H14ClN5O2S. The summed E-state index contributed by atoms with van der Waals surface area (Å²) in [5.41, 5.74) is 0.544. The highest BCUT2D eigenvalue weighted by Gasteiger charge is 2.28. The fraction of sp³-hybridized carbons (Fsp3) is 0.385. The molecule has 116 valence electrons. The zero-order chi connectivity index (χ0) is 15.5. The van der Waals surface area contributed by atoms with Crippen LogP contribution in [0.2, 0.25) is 5.02 Å². The van der Waals surface area contributed by atoms with Crippen LogP contribution >= 0.6 is 23.4 Å². The van der Waals surface area contributed by atoms with Crippen LogP contribution in [0.15, 0.2) is 23.4 Å². The molecule has 1 aliphatic rings. The summed E-state index contributed by atoms with van der Waals surface area (Å²) in [7, 11) is 1.54. The van der Waals surface area contributed by atoms with E-state index in [4.69, 9.17) is 16.3 Å². The van der Waals surface area contributed by atoms with Crippen molar-refractivity contribution in [2.75, 3.05) is 18.2 Å². The number of hydrogen-bond acceptors (Lipinski definition) is 6. The molecule has 1 amide bonds. The molecule has 3 rings (SSSR count). The third kappa shape index (κ3) is 3.50. The fourth-order valence-corrected chi connectivity index (χ4v) is 2.84. The van der Waals surface area contributed by atoms with Crippen molar-refractivity contribution >= 4 is 35.0 Å². The molecule has 0 spiro atoms. The summed E-state index contributed by atoms with van der Waals surface area (Å²) < 4.78 is 6.97. The highest BCUT2D eigenvalue weighted by molar-refractivity contribution is 7.99. The largest absolute Gasteiger partial charge is 0.495 e. The van der Waals surface area contributed by atoms with Gasteiger partial charge in [-0.3, -0.25) is 4.79 Å². The van der Waals surface area contributed by atoms with Gasteiger partial charge < -0.3 is 10.1 Å². The van der Waals surface area contributed by atoms with Crippen molar-refractivity contribution in [1.82, 2.24) is 20.2 Å². The first-order valence-corrected chi connectivity index (χ1v) is 8.08. The summed E-state index contributed by atoms with van der Waals surface area (Å²) in [6, 6.07) is 5.44. The summed E-state index contributed by atoms with van der Waals surface area (Å²) in [6.45, 7) is 0. The Hall–Kier alpha value is -1.80. The average molecular weight is 340 g/mol. The number of halogens is 1. The van der Waals surface area contributed by atoms with Crippen molar-refractivity contribution in [3.8, 4) is 5.75 Å². The number of aromatic nitrogens is 4. The molecule has 0 radical (unpaired) electrons. The van der Waals surface area contributed by atoms with Crippen molar-refractivity contribution in [2.24, 2.45) is 0 Å². The Bertz CT molecular complexity index is 689.